The summed E-state index contributed by atoms with van der Waals surface area (Å²) in [5.41, 5.74) is -0.818. The van der Waals surface area contributed by atoms with Crippen molar-refractivity contribution in [3.8, 4) is 0 Å². The molecule has 0 aliphatic carbocycles. The first-order valence-electron chi connectivity index (χ1n) is 8.59. The normalized spacial score (nSPS) is 11.6. The molecule has 0 atom stereocenters. The second-order valence-corrected chi connectivity index (χ2v) is 6.74. The zero-order valence-electron chi connectivity index (χ0n) is 15.0. The number of hydrogen-bond acceptors (Lipinski definition) is 3. The molecule has 0 bridgehead atoms. The highest BCUT2D eigenvalue weighted by Gasteiger charge is 2.31. The van der Waals surface area contributed by atoms with Crippen molar-refractivity contribution in [1.82, 2.24) is 4.57 Å². The first kappa shape index (κ1) is 20.9. The summed E-state index contributed by atoms with van der Waals surface area (Å²) in [5, 5.41) is 12.5. The second-order valence-electron chi connectivity index (χ2n) is 6.33. The van der Waals surface area contributed by atoms with Crippen LogP contribution in [0.5, 0.6) is 0 Å². The molecule has 0 aliphatic rings. The topological polar surface area (TPSA) is 71.3 Å². The Hall–Kier alpha value is -2.84. The first-order chi connectivity index (χ1) is 13.7. The van der Waals surface area contributed by atoms with E-state index in [-0.39, 0.29) is 35.7 Å². The number of aromatic nitrogens is 1. The fraction of sp³-hybridized carbons (Fsp3) is 0.200. The smallest absolute Gasteiger partial charge is 0.395 e. The van der Waals surface area contributed by atoms with Gasteiger partial charge in [0.15, 0.2) is 0 Å². The van der Waals surface area contributed by atoms with Gasteiger partial charge in [0.25, 0.3) is 5.56 Å². The van der Waals surface area contributed by atoms with Crippen LogP contribution in [0.25, 0.3) is 10.8 Å². The Bertz CT molecular complexity index is 1130. The van der Waals surface area contributed by atoms with Crippen LogP contribution >= 0.6 is 11.6 Å². The van der Waals surface area contributed by atoms with E-state index in [4.69, 9.17) is 16.7 Å². The van der Waals surface area contributed by atoms with Crippen molar-refractivity contribution in [2.45, 2.75) is 19.1 Å². The Kier molecular flexibility index (Phi) is 5.95. The number of amides is 1. The number of pyridine rings is 1. The average Bonchev–Trinajstić information content (AvgIpc) is 2.65. The van der Waals surface area contributed by atoms with E-state index in [1.165, 1.54) is 10.8 Å². The molecule has 1 heterocycles. The van der Waals surface area contributed by atoms with E-state index >= 15 is 0 Å². The molecule has 0 aliphatic heterocycles. The van der Waals surface area contributed by atoms with Crippen molar-refractivity contribution < 1.29 is 23.1 Å². The molecule has 5 nitrogen and oxygen atoms in total. The molecule has 2 aromatic carbocycles. The largest absolute Gasteiger partial charge is 0.416 e. The summed E-state index contributed by atoms with van der Waals surface area (Å²) in [6.45, 7) is -0.0566. The summed E-state index contributed by atoms with van der Waals surface area (Å²) >= 11 is 5.94. The lowest BCUT2D eigenvalue weighted by Gasteiger charge is -2.12. The molecule has 9 heteroatoms. The number of rotatable bonds is 5. The molecule has 152 valence electrons. The van der Waals surface area contributed by atoms with Crippen LogP contribution in [0.15, 0.2) is 53.5 Å². The number of alkyl halides is 3. The van der Waals surface area contributed by atoms with Gasteiger partial charge in [-0.2, -0.15) is 13.2 Å². The Morgan fingerprint density at radius 2 is 1.90 bits per heavy atom. The Morgan fingerprint density at radius 3 is 2.59 bits per heavy atom. The molecular weight excluding hydrogens is 409 g/mol. The minimum absolute atomic E-state index is 0.0459. The standard InChI is InChI=1S/C20H16ClF3N2O3/c21-16-5-4-13(20(22,23)24)10-12(16)11-18(28)25-17-3-1-2-15-14(17)6-7-26(8-9-27)19(15)29/h1-7,10,27H,8-9,11H2,(H,25,28). The quantitative estimate of drug-likeness (QED) is 0.653. The molecule has 0 saturated carbocycles. The van der Waals surface area contributed by atoms with E-state index in [0.717, 1.165) is 18.2 Å². The zero-order valence-corrected chi connectivity index (χ0v) is 15.7. The molecule has 0 unspecified atom stereocenters. The maximum Gasteiger partial charge on any atom is 0.416 e. The second kappa shape index (κ2) is 8.26. The number of aliphatic hydroxyl groups is 1. The number of nitrogens with zero attached hydrogens (tertiary/aromatic N) is 1. The van der Waals surface area contributed by atoms with Gasteiger partial charge in [0.2, 0.25) is 5.91 Å². The predicted molar refractivity (Wildman–Crippen MR) is 104 cm³/mol. The number of carbonyl (C=O) groups excluding carboxylic acids is 1. The van der Waals surface area contributed by atoms with Crippen LogP contribution in [0.3, 0.4) is 0 Å². The van der Waals surface area contributed by atoms with Gasteiger partial charge in [-0.05, 0) is 42.0 Å². The van der Waals surface area contributed by atoms with Crippen LogP contribution in [0.1, 0.15) is 11.1 Å². The summed E-state index contributed by atoms with van der Waals surface area (Å²) in [5.74, 6) is -0.571. The summed E-state index contributed by atoms with van der Waals surface area (Å²) in [4.78, 5) is 24.9. The molecule has 2 N–H and O–H groups in total. The van der Waals surface area contributed by atoms with Gasteiger partial charge in [0, 0.05) is 34.2 Å². The number of anilines is 1. The van der Waals surface area contributed by atoms with Gasteiger partial charge in [0.1, 0.15) is 0 Å². The molecule has 0 fully saturated rings. The number of benzene rings is 2. The molecule has 3 aromatic rings. The van der Waals surface area contributed by atoms with E-state index in [1.54, 1.807) is 24.3 Å². The number of nitrogens with one attached hydrogen (secondary N) is 1. The minimum atomic E-state index is -4.54. The first-order valence-corrected chi connectivity index (χ1v) is 8.97. The van der Waals surface area contributed by atoms with Crippen LogP contribution < -0.4 is 10.9 Å². The van der Waals surface area contributed by atoms with Crippen LogP contribution in [-0.4, -0.2) is 22.2 Å². The van der Waals surface area contributed by atoms with E-state index in [1.807, 2.05) is 0 Å². The summed E-state index contributed by atoms with van der Waals surface area (Å²) in [6.07, 6.45) is -3.40. The van der Waals surface area contributed by atoms with Crippen LogP contribution in [-0.2, 0) is 23.9 Å². The lowest BCUT2D eigenvalue weighted by Crippen LogP contribution is -2.22. The lowest BCUT2D eigenvalue weighted by molar-refractivity contribution is -0.137. The van der Waals surface area contributed by atoms with Crippen LogP contribution in [0.2, 0.25) is 5.02 Å². The SMILES string of the molecule is O=C(Cc1cc(C(F)(F)F)ccc1Cl)Nc1cccc2c(=O)n(CCO)ccc12. The Balaban J connectivity index is 1.88. The fourth-order valence-electron chi connectivity index (χ4n) is 2.96. The molecule has 1 amide bonds. The average molecular weight is 425 g/mol. The lowest BCUT2D eigenvalue weighted by atomic mass is 10.1. The number of fused-ring (bicyclic) bond motifs is 1. The van der Waals surface area contributed by atoms with Crippen LogP contribution in [0.4, 0.5) is 18.9 Å². The van der Waals surface area contributed by atoms with Crippen molar-refractivity contribution in [3.05, 3.63) is 75.2 Å². The summed E-state index contributed by atoms with van der Waals surface area (Å²) in [6, 6.07) is 9.19. The van der Waals surface area contributed by atoms with Gasteiger partial charge in [0.05, 0.1) is 18.6 Å². The highest BCUT2D eigenvalue weighted by atomic mass is 35.5. The molecule has 29 heavy (non-hydrogen) atoms. The monoisotopic (exact) mass is 424 g/mol. The van der Waals surface area contributed by atoms with Gasteiger partial charge in [-0.25, -0.2) is 0 Å². The van der Waals surface area contributed by atoms with Gasteiger partial charge in [-0.1, -0.05) is 17.7 Å². The van der Waals surface area contributed by atoms with Crippen LogP contribution in [0, 0.1) is 0 Å². The third kappa shape index (κ3) is 4.60. The summed E-state index contributed by atoms with van der Waals surface area (Å²) < 4.78 is 40.0. The fourth-order valence-corrected chi connectivity index (χ4v) is 3.15. The van der Waals surface area contributed by atoms with E-state index in [9.17, 15) is 22.8 Å². The van der Waals surface area contributed by atoms with Crippen molar-refractivity contribution in [2.75, 3.05) is 11.9 Å². The minimum Gasteiger partial charge on any atom is -0.395 e. The van der Waals surface area contributed by atoms with Crippen molar-refractivity contribution in [1.29, 1.82) is 0 Å². The summed E-state index contributed by atoms with van der Waals surface area (Å²) in [7, 11) is 0. The van der Waals surface area contributed by atoms with E-state index in [2.05, 4.69) is 5.32 Å². The number of carbonyl (C=O) groups is 1. The van der Waals surface area contributed by atoms with Crippen molar-refractivity contribution in [2.24, 2.45) is 0 Å². The number of aliphatic hydroxyl groups excluding tert-OH is 1. The zero-order chi connectivity index (χ0) is 21.2. The molecule has 0 saturated heterocycles. The Morgan fingerprint density at radius 1 is 1.14 bits per heavy atom. The highest BCUT2D eigenvalue weighted by Crippen LogP contribution is 2.32. The maximum absolute atomic E-state index is 12.9. The maximum atomic E-state index is 12.9. The third-order valence-electron chi connectivity index (χ3n) is 4.36. The van der Waals surface area contributed by atoms with E-state index < -0.39 is 17.6 Å². The third-order valence-corrected chi connectivity index (χ3v) is 4.73. The molecule has 0 radical (unpaired) electrons. The van der Waals surface area contributed by atoms with Gasteiger partial charge in [-0.15, -0.1) is 0 Å². The number of halogens is 4. The van der Waals surface area contributed by atoms with Gasteiger partial charge in [-0.3, -0.25) is 9.59 Å². The van der Waals surface area contributed by atoms with E-state index in [0.29, 0.717) is 16.5 Å². The number of hydrogen-bond donors (Lipinski definition) is 2. The Labute approximate surface area is 168 Å². The molecular formula is C20H16ClF3N2O3. The van der Waals surface area contributed by atoms with Gasteiger partial charge >= 0.3 is 6.18 Å². The molecule has 0 spiro atoms. The highest BCUT2D eigenvalue weighted by molar-refractivity contribution is 6.31. The molecule has 3 rings (SSSR count). The van der Waals surface area contributed by atoms with Gasteiger partial charge < -0.3 is 15.0 Å². The van der Waals surface area contributed by atoms with Crippen molar-refractivity contribution >= 4 is 34.0 Å². The van der Waals surface area contributed by atoms with Crippen molar-refractivity contribution in [3.63, 3.8) is 0 Å². The molecule has 1 aromatic heterocycles. The predicted octanol–water partition coefficient (Wildman–Crippen LogP) is 3.85.